The van der Waals surface area contributed by atoms with E-state index in [-0.39, 0.29) is 17.3 Å². The van der Waals surface area contributed by atoms with Crippen LogP contribution in [0.3, 0.4) is 0 Å². The first kappa shape index (κ1) is 21.9. The zero-order valence-electron chi connectivity index (χ0n) is 16.9. The number of hydrogen-bond acceptors (Lipinski definition) is 4. The molecule has 0 radical (unpaired) electrons. The summed E-state index contributed by atoms with van der Waals surface area (Å²) in [5.41, 5.74) is 0.705. The number of halogens is 1. The van der Waals surface area contributed by atoms with Gasteiger partial charge in [-0.15, -0.1) is 0 Å². The number of fused-ring (bicyclic) bond motifs is 1. The summed E-state index contributed by atoms with van der Waals surface area (Å²) in [6.45, 7) is 3.70. The fraction of sp³-hybridized carbons (Fsp3) is 0.478. The second-order valence-electron chi connectivity index (χ2n) is 8.09. The molecule has 0 amide bonds. The van der Waals surface area contributed by atoms with Crippen molar-refractivity contribution in [2.24, 2.45) is 5.41 Å². The molecule has 1 heterocycles. The molecule has 2 N–H and O–H groups in total. The Bertz CT molecular complexity index is 973. The Morgan fingerprint density at radius 2 is 1.93 bits per heavy atom. The molecule has 6 heteroatoms. The molecule has 29 heavy (non-hydrogen) atoms. The van der Waals surface area contributed by atoms with Gasteiger partial charge in [-0.1, -0.05) is 51.0 Å². The summed E-state index contributed by atoms with van der Waals surface area (Å²) >= 11 is 0. The first-order valence-electron chi connectivity index (χ1n) is 10.2. The lowest BCUT2D eigenvalue weighted by Crippen LogP contribution is -2.42. The van der Waals surface area contributed by atoms with E-state index < -0.39 is 33.1 Å². The maximum atomic E-state index is 14.1. The zero-order chi connectivity index (χ0) is 21.2. The highest BCUT2D eigenvalue weighted by Gasteiger charge is 2.48. The fourth-order valence-electron chi connectivity index (χ4n) is 4.59. The topological polar surface area (TPSA) is 74.6 Å². The third-order valence-electron chi connectivity index (χ3n) is 6.29. The van der Waals surface area contributed by atoms with Gasteiger partial charge in [0, 0.05) is 11.3 Å². The van der Waals surface area contributed by atoms with Crippen LogP contribution >= 0.6 is 0 Å². The zero-order valence-corrected chi connectivity index (χ0v) is 17.8. The Kier molecular flexibility index (Phi) is 6.46. The second-order valence-corrected chi connectivity index (χ2v) is 10.0. The molecule has 4 nitrogen and oxygen atoms in total. The van der Waals surface area contributed by atoms with Crippen LogP contribution in [0.25, 0.3) is 0 Å². The number of sulfone groups is 1. The van der Waals surface area contributed by atoms with Crippen LogP contribution in [0.2, 0.25) is 0 Å². The van der Waals surface area contributed by atoms with E-state index in [1.165, 1.54) is 18.2 Å². The van der Waals surface area contributed by atoms with E-state index in [1.807, 2.05) is 13.8 Å². The second kappa shape index (κ2) is 8.54. The molecular weight excluding hydrogens is 391 g/mol. The van der Waals surface area contributed by atoms with Gasteiger partial charge in [-0.25, -0.2) is 12.8 Å². The van der Waals surface area contributed by atoms with Crippen LogP contribution in [0.1, 0.15) is 62.1 Å². The lowest BCUT2D eigenvalue weighted by Gasteiger charge is -2.39. The minimum atomic E-state index is -3.67. The van der Waals surface area contributed by atoms with Gasteiger partial charge in [-0.3, -0.25) is 0 Å². The van der Waals surface area contributed by atoms with Gasteiger partial charge in [0.05, 0.1) is 23.4 Å². The first-order chi connectivity index (χ1) is 13.8. The molecule has 0 spiro atoms. The largest absolute Gasteiger partial charge is 0.392 e. The molecule has 0 bridgehead atoms. The molecule has 2 aromatic carbocycles. The van der Waals surface area contributed by atoms with E-state index in [0.29, 0.717) is 29.5 Å². The van der Waals surface area contributed by atoms with Gasteiger partial charge in [0.2, 0.25) is 0 Å². The number of rotatable bonds is 6. The van der Waals surface area contributed by atoms with Crippen molar-refractivity contribution in [1.82, 2.24) is 0 Å². The molecule has 3 rings (SSSR count). The minimum Gasteiger partial charge on any atom is -0.392 e. The molecule has 0 aromatic heterocycles. The molecule has 0 saturated heterocycles. The molecule has 0 fully saturated rings. The van der Waals surface area contributed by atoms with E-state index >= 15 is 0 Å². The Hall–Kier alpha value is -1.76. The molecule has 0 unspecified atom stereocenters. The van der Waals surface area contributed by atoms with Gasteiger partial charge in [-0.05, 0) is 47.7 Å². The standard InChI is InChI=1S/C23H29FO4S/c1-3-5-11-23(4-2)15-29(27,28)20-10-9-16(14-25)12-19(20)21(22(23)26)17-7-6-8-18(24)13-17/h6-10,12-13,21-22,25-26H,3-5,11,14-15H2,1-2H3/t21-,22-,23+/m0/s1. The molecule has 0 aliphatic carbocycles. The molecule has 2 aromatic rings. The molecule has 1 aliphatic rings. The van der Waals surface area contributed by atoms with Gasteiger partial charge in [0.25, 0.3) is 0 Å². The van der Waals surface area contributed by atoms with Crippen LogP contribution in [0.5, 0.6) is 0 Å². The number of hydrogen-bond donors (Lipinski definition) is 2. The van der Waals surface area contributed by atoms with Crippen molar-refractivity contribution in [2.75, 3.05) is 5.75 Å². The summed E-state index contributed by atoms with van der Waals surface area (Å²) in [6.07, 6.45) is 1.77. The molecule has 3 atom stereocenters. The van der Waals surface area contributed by atoms with E-state index in [4.69, 9.17) is 0 Å². The molecule has 158 valence electrons. The van der Waals surface area contributed by atoms with Crippen molar-refractivity contribution in [1.29, 1.82) is 0 Å². The van der Waals surface area contributed by atoms with Crippen LogP contribution in [-0.4, -0.2) is 30.5 Å². The highest BCUT2D eigenvalue weighted by atomic mass is 32.2. The number of aliphatic hydroxyl groups is 2. The van der Waals surface area contributed by atoms with Crippen LogP contribution in [0.4, 0.5) is 4.39 Å². The lowest BCUT2D eigenvalue weighted by atomic mass is 9.69. The quantitative estimate of drug-likeness (QED) is 0.735. The summed E-state index contributed by atoms with van der Waals surface area (Å²) in [7, 11) is -3.67. The Morgan fingerprint density at radius 1 is 1.17 bits per heavy atom. The van der Waals surface area contributed by atoms with Crippen molar-refractivity contribution < 1.29 is 23.0 Å². The molecule has 0 saturated carbocycles. The predicted octanol–water partition coefficient (Wildman–Crippen LogP) is 4.18. The summed E-state index contributed by atoms with van der Waals surface area (Å²) in [5, 5.41) is 21.2. The number of aliphatic hydroxyl groups excluding tert-OH is 2. The summed E-state index contributed by atoms with van der Waals surface area (Å²) in [5.74, 6) is -1.27. The van der Waals surface area contributed by atoms with Gasteiger partial charge in [0.1, 0.15) is 5.82 Å². The predicted molar refractivity (Wildman–Crippen MR) is 111 cm³/mol. The third-order valence-corrected chi connectivity index (χ3v) is 8.28. The van der Waals surface area contributed by atoms with Crippen molar-refractivity contribution in [3.05, 3.63) is 65.0 Å². The average molecular weight is 421 g/mol. The highest BCUT2D eigenvalue weighted by Crippen LogP contribution is 2.48. The van der Waals surface area contributed by atoms with E-state index in [1.54, 1.807) is 24.3 Å². The van der Waals surface area contributed by atoms with E-state index in [9.17, 15) is 23.0 Å². The number of unbranched alkanes of at least 4 members (excludes halogenated alkanes) is 1. The minimum absolute atomic E-state index is 0.144. The van der Waals surface area contributed by atoms with Gasteiger partial charge in [0.15, 0.2) is 9.84 Å². The van der Waals surface area contributed by atoms with Gasteiger partial charge < -0.3 is 10.2 Å². The van der Waals surface area contributed by atoms with Crippen LogP contribution < -0.4 is 0 Å². The monoisotopic (exact) mass is 420 g/mol. The van der Waals surface area contributed by atoms with Crippen LogP contribution in [0.15, 0.2) is 47.4 Å². The Labute approximate surface area is 172 Å². The fourth-order valence-corrected chi connectivity index (χ4v) is 6.84. The maximum Gasteiger partial charge on any atom is 0.179 e. The van der Waals surface area contributed by atoms with Crippen molar-refractivity contribution in [3.8, 4) is 0 Å². The lowest BCUT2D eigenvalue weighted by molar-refractivity contribution is 0.0173. The van der Waals surface area contributed by atoms with Gasteiger partial charge >= 0.3 is 0 Å². The van der Waals surface area contributed by atoms with Crippen molar-refractivity contribution >= 4 is 9.84 Å². The van der Waals surface area contributed by atoms with E-state index in [0.717, 1.165) is 12.8 Å². The normalized spacial score (nSPS) is 26.0. The highest BCUT2D eigenvalue weighted by molar-refractivity contribution is 7.91. The van der Waals surface area contributed by atoms with E-state index in [2.05, 4.69) is 0 Å². The SMILES string of the molecule is CCCC[C@]1(CC)CS(=O)(=O)c2ccc(CO)cc2[C@H](c2cccc(F)c2)[C@@H]1O. The molecule has 1 aliphatic heterocycles. The maximum absolute atomic E-state index is 14.1. The van der Waals surface area contributed by atoms with Crippen LogP contribution in [0, 0.1) is 11.2 Å². The van der Waals surface area contributed by atoms with Crippen molar-refractivity contribution in [2.45, 2.75) is 63.1 Å². The Balaban J connectivity index is 2.31. The smallest absolute Gasteiger partial charge is 0.179 e. The summed E-state index contributed by atoms with van der Waals surface area (Å²) in [4.78, 5) is 0.162. The van der Waals surface area contributed by atoms with Crippen LogP contribution in [-0.2, 0) is 16.4 Å². The molecular formula is C23H29FO4S. The van der Waals surface area contributed by atoms with Crippen molar-refractivity contribution in [3.63, 3.8) is 0 Å². The number of benzene rings is 2. The summed E-state index contributed by atoms with van der Waals surface area (Å²) < 4.78 is 40.8. The summed E-state index contributed by atoms with van der Waals surface area (Å²) in [6, 6.07) is 10.7. The average Bonchev–Trinajstić information content (AvgIpc) is 2.77. The third kappa shape index (κ3) is 4.11. The van der Waals surface area contributed by atoms with Gasteiger partial charge in [-0.2, -0.15) is 0 Å². The first-order valence-corrected chi connectivity index (χ1v) is 11.8. The Morgan fingerprint density at radius 3 is 2.55 bits per heavy atom.